The van der Waals surface area contributed by atoms with Gasteiger partial charge in [0.05, 0.1) is 6.51 Å². The number of benzene rings is 2. The van der Waals surface area contributed by atoms with Gasteiger partial charge in [-0.3, -0.25) is 0 Å². The van der Waals surface area contributed by atoms with Gasteiger partial charge in [0.2, 0.25) is 0 Å². The lowest BCUT2D eigenvalue weighted by atomic mass is 10.4. The molecule has 25 heavy (non-hydrogen) atoms. The Morgan fingerprint density at radius 1 is 0.640 bits per heavy atom. The van der Waals surface area contributed by atoms with E-state index in [-0.39, 0.29) is 0 Å². The molecule has 0 aromatic heterocycles. The van der Waals surface area contributed by atoms with Crippen LogP contribution in [-0.4, -0.2) is 6.51 Å². The van der Waals surface area contributed by atoms with Crippen molar-refractivity contribution in [3.05, 3.63) is 38.5 Å². The predicted octanol–water partition coefficient (Wildman–Crippen LogP) is 10.0. The molecule has 0 nitrogen and oxygen atoms in total. The molecular formula is C16H12I6S3. The molecule has 0 saturated heterocycles. The summed E-state index contributed by atoms with van der Waals surface area (Å²) in [6, 6.07) is 9.25. The zero-order valence-corrected chi connectivity index (χ0v) is 28.4. The Bertz CT molecular complexity index is 654. The van der Waals surface area contributed by atoms with Crippen LogP contribution >= 0.6 is 171 Å². The van der Waals surface area contributed by atoms with Crippen LogP contribution in [-0.2, 0) is 0 Å². The van der Waals surface area contributed by atoms with E-state index in [1.807, 2.05) is 35.3 Å². The average molecular weight is 1060 g/mol. The smallest absolute Gasteiger partial charge is 0.0583 e. The Balaban J connectivity index is 2.33. The molecule has 2 aromatic carbocycles. The first kappa shape index (κ1) is 25.1. The van der Waals surface area contributed by atoms with Gasteiger partial charge in [-0.1, -0.05) is 56.9 Å². The van der Waals surface area contributed by atoms with Crippen LogP contribution in [0.4, 0.5) is 0 Å². The Morgan fingerprint density at radius 2 is 0.920 bits per heavy atom. The molecule has 136 valence electrons. The van der Waals surface area contributed by atoms with E-state index in [9.17, 15) is 0 Å². The highest BCUT2D eigenvalue weighted by atomic mass is 127. The number of alkyl halides is 2. The molecule has 0 amide bonds. The van der Waals surface area contributed by atoms with Crippen LogP contribution in [0.3, 0.4) is 0 Å². The minimum absolute atomic E-state index is 0.579. The molecule has 0 aliphatic carbocycles. The van der Waals surface area contributed by atoms with E-state index in [4.69, 9.17) is 0 Å². The van der Waals surface area contributed by atoms with Crippen LogP contribution in [0.1, 0.15) is 13.8 Å². The molecule has 0 aliphatic rings. The fourth-order valence-electron chi connectivity index (χ4n) is 1.88. The Morgan fingerprint density at radius 3 is 1.16 bits per heavy atom. The summed E-state index contributed by atoms with van der Waals surface area (Å²) >= 11 is 20.6. The number of thioether (sulfide) groups is 2. The average Bonchev–Trinajstić information content (AvgIpc) is 2.43. The van der Waals surface area contributed by atoms with Crippen LogP contribution in [0.2, 0.25) is 0 Å². The van der Waals surface area contributed by atoms with Crippen LogP contribution in [0, 0.1) is 14.3 Å². The first-order valence-corrected chi connectivity index (χ1v) is 16.3. The summed E-state index contributed by atoms with van der Waals surface area (Å²) < 4.78 is 6.49. The van der Waals surface area contributed by atoms with E-state index in [1.165, 1.54) is 33.9 Å². The van der Waals surface area contributed by atoms with E-state index < -0.39 is 0 Å². The molecule has 2 unspecified atom stereocenters. The minimum atomic E-state index is 0.579. The third kappa shape index (κ3) is 8.14. The van der Waals surface area contributed by atoms with Crippen molar-refractivity contribution < 1.29 is 0 Å². The standard InChI is InChI=1S/C16H12I6S3/c1-7(17)23-9-3-11(19)15(12(20)4-9)25-16-13(21)5-10(6-14(16)22)24-8(2)18/h3-8H,1-2H3. The van der Waals surface area contributed by atoms with Crippen LogP contribution in [0.5, 0.6) is 0 Å². The molecule has 2 atom stereocenters. The van der Waals surface area contributed by atoms with E-state index >= 15 is 0 Å². The van der Waals surface area contributed by atoms with Crippen LogP contribution < -0.4 is 0 Å². The first-order valence-electron chi connectivity index (χ1n) is 6.94. The number of halogens is 6. The Hall–Kier alpha value is 3.87. The SMILES string of the molecule is CC(I)Sc1cc(I)c(Sc2c(I)cc(SC(C)I)cc2I)c(I)c1. The Labute approximate surface area is 244 Å². The van der Waals surface area contributed by atoms with Gasteiger partial charge in [0.1, 0.15) is 0 Å². The van der Waals surface area contributed by atoms with Crippen molar-refractivity contribution in [2.45, 2.75) is 39.9 Å². The molecule has 2 aromatic rings. The van der Waals surface area contributed by atoms with Crippen molar-refractivity contribution in [2.24, 2.45) is 0 Å². The predicted molar refractivity (Wildman–Crippen MR) is 167 cm³/mol. The molecule has 9 heteroatoms. The molecule has 0 bridgehead atoms. The molecule has 0 spiro atoms. The topological polar surface area (TPSA) is 0 Å². The Kier molecular flexibility index (Phi) is 12.1. The fourth-order valence-corrected chi connectivity index (χ4v) is 11.7. The van der Waals surface area contributed by atoms with Gasteiger partial charge in [-0.15, -0.1) is 23.5 Å². The fraction of sp³-hybridized carbons (Fsp3) is 0.250. The van der Waals surface area contributed by atoms with Gasteiger partial charge < -0.3 is 0 Å². The molecule has 0 fully saturated rings. The van der Waals surface area contributed by atoms with E-state index in [1.54, 1.807) is 0 Å². The normalized spacial score (nSPS) is 13.8. The van der Waals surface area contributed by atoms with Crippen molar-refractivity contribution in [3.63, 3.8) is 0 Å². The zero-order valence-electron chi connectivity index (χ0n) is 13.0. The lowest BCUT2D eigenvalue weighted by molar-refractivity contribution is 1.22. The monoisotopic (exact) mass is 1060 g/mol. The third-order valence-corrected chi connectivity index (χ3v) is 12.1. The van der Waals surface area contributed by atoms with Gasteiger partial charge in [0.15, 0.2) is 0 Å². The highest BCUT2D eigenvalue weighted by molar-refractivity contribution is 14.1. The second-order valence-corrected chi connectivity index (χ2v) is 18.8. The second-order valence-electron chi connectivity index (χ2n) is 4.86. The van der Waals surface area contributed by atoms with Crippen molar-refractivity contribution in [2.75, 3.05) is 0 Å². The van der Waals surface area contributed by atoms with Gasteiger partial charge in [0, 0.05) is 33.9 Å². The van der Waals surface area contributed by atoms with Crippen molar-refractivity contribution in [1.82, 2.24) is 0 Å². The number of rotatable bonds is 6. The van der Waals surface area contributed by atoms with Crippen LogP contribution in [0.25, 0.3) is 0 Å². The highest BCUT2D eigenvalue weighted by Gasteiger charge is 2.16. The molecular weight excluding hydrogens is 1050 g/mol. The first-order chi connectivity index (χ1) is 11.7. The number of hydrogen-bond donors (Lipinski definition) is 0. The molecule has 0 saturated carbocycles. The van der Waals surface area contributed by atoms with Gasteiger partial charge in [-0.25, -0.2) is 0 Å². The summed E-state index contributed by atoms with van der Waals surface area (Å²) in [5.74, 6) is 0. The number of hydrogen-bond acceptors (Lipinski definition) is 3. The van der Waals surface area contributed by atoms with E-state index in [0.717, 1.165) is 0 Å². The third-order valence-electron chi connectivity index (χ3n) is 2.74. The van der Waals surface area contributed by atoms with Crippen molar-refractivity contribution in [3.8, 4) is 0 Å². The van der Waals surface area contributed by atoms with E-state index in [2.05, 4.69) is 174 Å². The van der Waals surface area contributed by atoms with Gasteiger partial charge >= 0.3 is 0 Å². The maximum Gasteiger partial charge on any atom is 0.0583 e. The lowest BCUT2D eigenvalue weighted by Gasteiger charge is -2.14. The highest BCUT2D eigenvalue weighted by Crippen LogP contribution is 2.43. The quantitative estimate of drug-likeness (QED) is 0.161. The lowest BCUT2D eigenvalue weighted by Crippen LogP contribution is -1.93. The summed E-state index contributed by atoms with van der Waals surface area (Å²) in [6.07, 6.45) is 0. The molecule has 0 radical (unpaired) electrons. The van der Waals surface area contributed by atoms with Gasteiger partial charge in [-0.2, -0.15) is 0 Å². The minimum Gasteiger partial charge on any atom is -0.112 e. The molecule has 2 rings (SSSR count). The molecule has 0 N–H and O–H groups in total. The van der Waals surface area contributed by atoms with Gasteiger partial charge in [0.25, 0.3) is 0 Å². The van der Waals surface area contributed by atoms with Gasteiger partial charge in [-0.05, 0) is 128 Å². The zero-order chi connectivity index (χ0) is 18.7. The second kappa shape index (κ2) is 12.0. The van der Waals surface area contributed by atoms with Crippen LogP contribution in [0.15, 0.2) is 43.8 Å². The summed E-state index contributed by atoms with van der Waals surface area (Å²) in [6.45, 7) is 4.46. The summed E-state index contributed by atoms with van der Waals surface area (Å²) in [5.41, 5.74) is 0. The van der Waals surface area contributed by atoms with Crippen molar-refractivity contribution in [1.29, 1.82) is 0 Å². The molecule has 0 aliphatic heterocycles. The van der Waals surface area contributed by atoms with Crippen molar-refractivity contribution >= 4 is 171 Å². The maximum absolute atomic E-state index is 2.48. The van der Waals surface area contributed by atoms with E-state index in [0.29, 0.717) is 6.51 Å². The molecule has 0 heterocycles. The summed E-state index contributed by atoms with van der Waals surface area (Å²) in [7, 11) is 0. The largest absolute Gasteiger partial charge is 0.112 e. The summed E-state index contributed by atoms with van der Waals surface area (Å²) in [4.78, 5) is 5.44. The maximum atomic E-state index is 2.48. The summed E-state index contributed by atoms with van der Waals surface area (Å²) in [5, 5.41) is 0.